The van der Waals surface area contributed by atoms with Crippen molar-refractivity contribution in [3.8, 4) is 0 Å². The molecule has 1 unspecified atom stereocenters. The van der Waals surface area contributed by atoms with E-state index in [9.17, 15) is 14.4 Å². The Hall–Kier alpha value is -1.76. The molecule has 7 heteroatoms. The summed E-state index contributed by atoms with van der Waals surface area (Å²) in [6.07, 6.45) is 2.98. The van der Waals surface area contributed by atoms with Crippen LogP contribution in [0, 0.1) is 6.92 Å². The number of pyridine rings is 1. The van der Waals surface area contributed by atoms with Gasteiger partial charge in [0.25, 0.3) is 5.56 Å². The number of thioether (sulfide) groups is 1. The Balaban J connectivity index is 2.45. The zero-order valence-corrected chi connectivity index (χ0v) is 13.7. The standard InChI is InChI=1S/C15H22N2O4S/c1-11-5-3-7-14(19)17(11)9-4-6-13(18)16-12(15(20)21)8-10-22-2/h3,5,7,12H,4,6,8-10H2,1-2H3,(H,16,18)(H,20,21). The van der Waals surface area contributed by atoms with E-state index in [0.29, 0.717) is 25.1 Å². The van der Waals surface area contributed by atoms with Gasteiger partial charge in [-0.3, -0.25) is 9.59 Å². The van der Waals surface area contributed by atoms with Gasteiger partial charge >= 0.3 is 5.97 Å². The maximum atomic E-state index is 11.8. The van der Waals surface area contributed by atoms with Gasteiger partial charge in [-0.25, -0.2) is 4.79 Å². The molecular weight excluding hydrogens is 304 g/mol. The van der Waals surface area contributed by atoms with E-state index in [1.807, 2.05) is 19.2 Å². The minimum absolute atomic E-state index is 0.0937. The number of nitrogens with one attached hydrogen (secondary N) is 1. The summed E-state index contributed by atoms with van der Waals surface area (Å²) in [7, 11) is 0. The molecule has 0 fully saturated rings. The average Bonchev–Trinajstić information content (AvgIpc) is 2.46. The first-order valence-electron chi connectivity index (χ1n) is 7.13. The summed E-state index contributed by atoms with van der Waals surface area (Å²) in [6.45, 7) is 2.28. The molecule has 0 aliphatic carbocycles. The summed E-state index contributed by atoms with van der Waals surface area (Å²) in [6, 6.07) is 4.17. The molecule has 1 rings (SSSR count). The van der Waals surface area contributed by atoms with Crippen molar-refractivity contribution >= 4 is 23.6 Å². The number of aryl methyl sites for hydroxylation is 1. The van der Waals surface area contributed by atoms with Crippen LogP contribution in [0.4, 0.5) is 0 Å². The number of nitrogens with zero attached hydrogens (tertiary/aromatic N) is 1. The van der Waals surface area contributed by atoms with Crippen molar-refractivity contribution in [2.75, 3.05) is 12.0 Å². The first kappa shape index (κ1) is 18.3. The van der Waals surface area contributed by atoms with Crippen molar-refractivity contribution in [1.29, 1.82) is 0 Å². The number of hydrogen-bond acceptors (Lipinski definition) is 4. The van der Waals surface area contributed by atoms with Crippen LogP contribution in [0.1, 0.15) is 25.0 Å². The van der Waals surface area contributed by atoms with Gasteiger partial charge < -0.3 is 15.0 Å². The van der Waals surface area contributed by atoms with Crippen LogP contribution in [0.5, 0.6) is 0 Å². The number of amides is 1. The van der Waals surface area contributed by atoms with Gasteiger partial charge in [0.2, 0.25) is 5.91 Å². The highest BCUT2D eigenvalue weighted by Gasteiger charge is 2.18. The molecule has 0 aliphatic rings. The molecule has 0 radical (unpaired) electrons. The Kier molecular flexibility index (Phi) is 7.73. The summed E-state index contributed by atoms with van der Waals surface area (Å²) in [5.74, 6) is -0.636. The van der Waals surface area contributed by atoms with E-state index in [1.54, 1.807) is 22.4 Å². The monoisotopic (exact) mass is 326 g/mol. The summed E-state index contributed by atoms with van der Waals surface area (Å²) < 4.78 is 1.61. The fourth-order valence-electron chi connectivity index (χ4n) is 2.07. The highest BCUT2D eigenvalue weighted by Crippen LogP contribution is 2.03. The lowest BCUT2D eigenvalue weighted by Gasteiger charge is -2.14. The van der Waals surface area contributed by atoms with Gasteiger partial charge in [-0.15, -0.1) is 0 Å². The highest BCUT2D eigenvalue weighted by atomic mass is 32.2. The van der Waals surface area contributed by atoms with E-state index in [4.69, 9.17) is 5.11 Å². The topological polar surface area (TPSA) is 88.4 Å². The van der Waals surface area contributed by atoms with Crippen LogP contribution in [0.3, 0.4) is 0 Å². The second kappa shape index (κ2) is 9.30. The lowest BCUT2D eigenvalue weighted by molar-refractivity contribution is -0.141. The van der Waals surface area contributed by atoms with Gasteiger partial charge in [0.05, 0.1) is 0 Å². The van der Waals surface area contributed by atoms with Crippen molar-refractivity contribution in [3.05, 3.63) is 34.2 Å². The molecule has 122 valence electrons. The average molecular weight is 326 g/mol. The number of carboxylic acid groups (broad SMARTS) is 1. The van der Waals surface area contributed by atoms with Crippen molar-refractivity contribution in [2.24, 2.45) is 0 Å². The van der Waals surface area contributed by atoms with Crippen molar-refractivity contribution < 1.29 is 14.7 Å². The number of carboxylic acids is 1. The molecule has 0 saturated carbocycles. The fourth-order valence-corrected chi connectivity index (χ4v) is 2.54. The van der Waals surface area contributed by atoms with E-state index in [1.165, 1.54) is 6.07 Å². The number of aliphatic carboxylic acids is 1. The summed E-state index contributed by atoms with van der Waals surface area (Å²) in [4.78, 5) is 34.6. The maximum Gasteiger partial charge on any atom is 0.326 e. The number of hydrogen-bond donors (Lipinski definition) is 2. The molecule has 0 aromatic carbocycles. The lowest BCUT2D eigenvalue weighted by Crippen LogP contribution is -2.41. The summed E-state index contributed by atoms with van der Waals surface area (Å²) in [5, 5.41) is 11.6. The van der Waals surface area contributed by atoms with Crippen LogP contribution in [0.25, 0.3) is 0 Å². The Labute approximate surface area is 133 Å². The van der Waals surface area contributed by atoms with Gasteiger partial charge in [0, 0.05) is 24.7 Å². The number of aromatic nitrogens is 1. The van der Waals surface area contributed by atoms with Gasteiger partial charge in [0.1, 0.15) is 6.04 Å². The third-order valence-corrected chi connectivity index (χ3v) is 3.94. The van der Waals surface area contributed by atoms with E-state index in [0.717, 1.165) is 5.69 Å². The summed E-state index contributed by atoms with van der Waals surface area (Å²) in [5.41, 5.74) is 0.750. The Morgan fingerprint density at radius 1 is 1.41 bits per heavy atom. The third-order valence-electron chi connectivity index (χ3n) is 3.30. The van der Waals surface area contributed by atoms with Crippen molar-refractivity contribution in [3.63, 3.8) is 0 Å². The first-order chi connectivity index (χ1) is 10.5. The number of rotatable bonds is 9. The first-order valence-corrected chi connectivity index (χ1v) is 8.52. The fraction of sp³-hybridized carbons (Fsp3) is 0.533. The quantitative estimate of drug-likeness (QED) is 0.713. The second-order valence-corrected chi connectivity index (χ2v) is 5.99. The van der Waals surface area contributed by atoms with E-state index < -0.39 is 12.0 Å². The SMILES string of the molecule is CSCCC(NC(=O)CCCn1c(C)cccc1=O)C(=O)O. The molecule has 6 nitrogen and oxygen atoms in total. The van der Waals surface area contributed by atoms with E-state index >= 15 is 0 Å². The van der Waals surface area contributed by atoms with Crippen LogP contribution in [-0.2, 0) is 16.1 Å². The third kappa shape index (κ3) is 5.93. The molecule has 2 N–H and O–H groups in total. The number of carbonyl (C=O) groups is 2. The molecule has 0 bridgehead atoms. The van der Waals surface area contributed by atoms with Crippen LogP contribution >= 0.6 is 11.8 Å². The van der Waals surface area contributed by atoms with Crippen LogP contribution in [0.2, 0.25) is 0 Å². The molecule has 1 amide bonds. The largest absolute Gasteiger partial charge is 0.480 e. The van der Waals surface area contributed by atoms with Gasteiger partial charge in [-0.1, -0.05) is 6.07 Å². The molecule has 1 aromatic rings. The van der Waals surface area contributed by atoms with Crippen molar-refractivity contribution in [1.82, 2.24) is 9.88 Å². The molecule has 1 atom stereocenters. The molecule has 22 heavy (non-hydrogen) atoms. The highest BCUT2D eigenvalue weighted by molar-refractivity contribution is 7.98. The smallest absolute Gasteiger partial charge is 0.326 e. The van der Waals surface area contributed by atoms with Gasteiger partial charge in [-0.05, 0) is 37.8 Å². The minimum Gasteiger partial charge on any atom is -0.480 e. The molecule has 1 heterocycles. The Morgan fingerprint density at radius 3 is 2.73 bits per heavy atom. The van der Waals surface area contributed by atoms with Crippen molar-refractivity contribution in [2.45, 2.75) is 38.8 Å². The molecule has 1 aromatic heterocycles. The normalized spacial score (nSPS) is 11.9. The van der Waals surface area contributed by atoms with Crippen LogP contribution in [0.15, 0.2) is 23.0 Å². The summed E-state index contributed by atoms with van der Waals surface area (Å²) >= 11 is 1.54. The van der Waals surface area contributed by atoms with Gasteiger partial charge in [0.15, 0.2) is 0 Å². The predicted octanol–water partition coefficient (Wildman–Crippen LogP) is 1.26. The van der Waals surface area contributed by atoms with Gasteiger partial charge in [-0.2, -0.15) is 11.8 Å². The predicted molar refractivity (Wildman–Crippen MR) is 87.2 cm³/mol. The minimum atomic E-state index is -1.02. The Bertz CT molecular complexity index is 571. The zero-order valence-electron chi connectivity index (χ0n) is 12.9. The molecular formula is C15H22N2O4S. The lowest BCUT2D eigenvalue weighted by atomic mass is 10.2. The van der Waals surface area contributed by atoms with E-state index in [2.05, 4.69) is 5.32 Å². The zero-order chi connectivity index (χ0) is 16.5. The second-order valence-electron chi connectivity index (χ2n) is 5.00. The molecule has 0 saturated heterocycles. The molecule has 0 aliphatic heterocycles. The number of carbonyl (C=O) groups excluding carboxylic acids is 1. The van der Waals surface area contributed by atoms with Crippen LogP contribution in [-0.4, -0.2) is 39.6 Å². The Morgan fingerprint density at radius 2 is 2.14 bits per heavy atom. The van der Waals surface area contributed by atoms with E-state index in [-0.39, 0.29) is 17.9 Å². The molecule has 0 spiro atoms. The van der Waals surface area contributed by atoms with Crippen LogP contribution < -0.4 is 10.9 Å². The maximum absolute atomic E-state index is 11.8.